The SMILES string of the molecule is NCC1CC1c1cc2nc(Cl)ccc2s1. The average molecular weight is 239 g/mol. The lowest BCUT2D eigenvalue weighted by Gasteiger charge is -1.90. The second kappa shape index (κ2) is 3.44. The molecule has 1 aliphatic rings. The van der Waals surface area contributed by atoms with Crippen molar-refractivity contribution in [1.29, 1.82) is 0 Å². The first-order chi connectivity index (χ1) is 7.28. The van der Waals surface area contributed by atoms with Crippen LogP contribution in [0.1, 0.15) is 17.2 Å². The molecule has 0 aliphatic heterocycles. The van der Waals surface area contributed by atoms with Crippen LogP contribution in [0, 0.1) is 5.92 Å². The maximum atomic E-state index is 5.85. The molecule has 2 unspecified atom stereocenters. The highest BCUT2D eigenvalue weighted by molar-refractivity contribution is 7.19. The van der Waals surface area contributed by atoms with Gasteiger partial charge in [-0.1, -0.05) is 11.6 Å². The van der Waals surface area contributed by atoms with E-state index < -0.39 is 0 Å². The van der Waals surface area contributed by atoms with Crippen LogP contribution >= 0.6 is 22.9 Å². The van der Waals surface area contributed by atoms with Crippen molar-refractivity contribution in [2.45, 2.75) is 12.3 Å². The van der Waals surface area contributed by atoms with Crippen LogP contribution in [0.25, 0.3) is 10.2 Å². The molecule has 1 aliphatic carbocycles. The van der Waals surface area contributed by atoms with Gasteiger partial charge in [-0.3, -0.25) is 0 Å². The first-order valence-electron chi connectivity index (χ1n) is 5.04. The minimum Gasteiger partial charge on any atom is -0.330 e. The van der Waals surface area contributed by atoms with Gasteiger partial charge in [-0.25, -0.2) is 4.98 Å². The van der Waals surface area contributed by atoms with Gasteiger partial charge in [0.15, 0.2) is 0 Å². The van der Waals surface area contributed by atoms with Crippen molar-refractivity contribution >= 4 is 33.2 Å². The van der Waals surface area contributed by atoms with Crippen molar-refractivity contribution in [3.63, 3.8) is 0 Å². The summed E-state index contributed by atoms with van der Waals surface area (Å²) in [7, 11) is 0. The lowest BCUT2D eigenvalue weighted by Crippen LogP contribution is -2.01. The van der Waals surface area contributed by atoms with E-state index in [0.717, 1.165) is 12.1 Å². The van der Waals surface area contributed by atoms with Gasteiger partial charge >= 0.3 is 0 Å². The Kier molecular flexibility index (Phi) is 2.20. The molecule has 0 aromatic carbocycles. The van der Waals surface area contributed by atoms with Gasteiger partial charge in [0.05, 0.1) is 10.2 Å². The number of hydrogen-bond acceptors (Lipinski definition) is 3. The van der Waals surface area contributed by atoms with E-state index in [2.05, 4.69) is 11.1 Å². The Bertz CT molecular complexity index is 508. The third-order valence-corrected chi connectivity index (χ3v) is 4.38. The van der Waals surface area contributed by atoms with Crippen LogP contribution in [-0.4, -0.2) is 11.5 Å². The molecule has 0 bridgehead atoms. The molecule has 2 aromatic rings. The van der Waals surface area contributed by atoms with Gasteiger partial charge in [0, 0.05) is 4.88 Å². The molecule has 0 spiro atoms. The minimum absolute atomic E-state index is 0.568. The van der Waals surface area contributed by atoms with Crippen LogP contribution in [-0.2, 0) is 0 Å². The molecule has 2 heterocycles. The maximum absolute atomic E-state index is 5.85. The van der Waals surface area contributed by atoms with Crippen LogP contribution < -0.4 is 5.73 Å². The summed E-state index contributed by atoms with van der Waals surface area (Å²) < 4.78 is 1.22. The van der Waals surface area contributed by atoms with Crippen LogP contribution in [0.5, 0.6) is 0 Å². The molecule has 78 valence electrons. The minimum atomic E-state index is 0.568. The van der Waals surface area contributed by atoms with Gasteiger partial charge in [-0.2, -0.15) is 0 Å². The Balaban J connectivity index is 2.00. The first-order valence-corrected chi connectivity index (χ1v) is 6.23. The fourth-order valence-corrected chi connectivity index (χ4v) is 3.32. The second-order valence-corrected chi connectivity index (χ2v) is 5.51. The van der Waals surface area contributed by atoms with Gasteiger partial charge in [-0.15, -0.1) is 11.3 Å². The van der Waals surface area contributed by atoms with Crippen molar-refractivity contribution in [3.8, 4) is 0 Å². The van der Waals surface area contributed by atoms with Crippen LogP contribution in [0.3, 0.4) is 0 Å². The van der Waals surface area contributed by atoms with Gasteiger partial charge in [0.25, 0.3) is 0 Å². The van der Waals surface area contributed by atoms with Crippen molar-refractivity contribution in [3.05, 3.63) is 28.2 Å². The smallest absolute Gasteiger partial charge is 0.129 e. The Labute approximate surface area is 97.1 Å². The molecule has 2 aromatic heterocycles. The average Bonchev–Trinajstić information content (AvgIpc) is 2.91. The molecule has 4 heteroatoms. The molecule has 1 fully saturated rings. The number of rotatable bonds is 2. The van der Waals surface area contributed by atoms with E-state index in [1.807, 2.05) is 23.5 Å². The summed E-state index contributed by atoms with van der Waals surface area (Å²) in [6.45, 7) is 0.799. The summed E-state index contributed by atoms with van der Waals surface area (Å²) in [4.78, 5) is 5.71. The number of halogens is 1. The van der Waals surface area contributed by atoms with E-state index in [-0.39, 0.29) is 0 Å². The first kappa shape index (κ1) is 9.58. The standard InChI is InChI=1S/C11H11ClN2S/c12-11-2-1-9-8(14-11)4-10(15-9)7-3-6(7)5-13/h1-2,4,6-7H,3,5,13H2. The fourth-order valence-electron chi connectivity index (χ4n) is 1.96. The van der Waals surface area contributed by atoms with Crippen LogP contribution in [0.15, 0.2) is 18.2 Å². The Morgan fingerprint density at radius 3 is 3.13 bits per heavy atom. The fraction of sp³-hybridized carbons (Fsp3) is 0.364. The molecule has 1 saturated carbocycles. The molecule has 2 nitrogen and oxygen atoms in total. The number of fused-ring (bicyclic) bond motifs is 1. The van der Waals surface area contributed by atoms with Crippen LogP contribution in [0.4, 0.5) is 0 Å². The lowest BCUT2D eigenvalue weighted by atomic mass is 10.2. The molecule has 0 saturated heterocycles. The number of nitrogens with zero attached hydrogens (tertiary/aromatic N) is 1. The maximum Gasteiger partial charge on any atom is 0.129 e. The van der Waals surface area contributed by atoms with Crippen molar-refractivity contribution in [1.82, 2.24) is 4.98 Å². The van der Waals surface area contributed by atoms with Crippen molar-refractivity contribution in [2.24, 2.45) is 11.7 Å². The monoisotopic (exact) mass is 238 g/mol. The normalized spacial score (nSPS) is 24.7. The summed E-state index contributed by atoms with van der Waals surface area (Å²) in [5, 5.41) is 0.568. The van der Waals surface area contributed by atoms with Crippen molar-refractivity contribution in [2.75, 3.05) is 6.54 Å². The zero-order chi connectivity index (χ0) is 10.4. The third-order valence-electron chi connectivity index (χ3n) is 2.95. The number of thiophene rings is 1. The zero-order valence-corrected chi connectivity index (χ0v) is 9.68. The predicted octanol–water partition coefficient (Wildman–Crippen LogP) is 3.01. The highest BCUT2D eigenvalue weighted by Gasteiger charge is 2.38. The van der Waals surface area contributed by atoms with E-state index in [4.69, 9.17) is 17.3 Å². The molecular weight excluding hydrogens is 228 g/mol. The third kappa shape index (κ3) is 1.65. The van der Waals surface area contributed by atoms with E-state index in [0.29, 0.717) is 17.0 Å². The molecule has 15 heavy (non-hydrogen) atoms. The highest BCUT2D eigenvalue weighted by Crippen LogP contribution is 2.49. The molecule has 0 amide bonds. The number of hydrogen-bond donors (Lipinski definition) is 1. The van der Waals surface area contributed by atoms with E-state index in [1.54, 1.807) is 0 Å². The Morgan fingerprint density at radius 2 is 2.40 bits per heavy atom. The summed E-state index contributed by atoms with van der Waals surface area (Å²) in [5.41, 5.74) is 6.67. The predicted molar refractivity (Wildman–Crippen MR) is 64.5 cm³/mol. The summed E-state index contributed by atoms with van der Waals surface area (Å²) in [6, 6.07) is 6.04. The Morgan fingerprint density at radius 1 is 1.53 bits per heavy atom. The van der Waals surface area contributed by atoms with Gasteiger partial charge < -0.3 is 5.73 Å². The highest BCUT2D eigenvalue weighted by atomic mass is 35.5. The lowest BCUT2D eigenvalue weighted by molar-refractivity contribution is 0.815. The van der Waals surface area contributed by atoms with E-state index in [9.17, 15) is 0 Å². The number of nitrogens with two attached hydrogens (primary N) is 1. The number of pyridine rings is 1. The molecule has 0 radical (unpaired) electrons. The van der Waals surface area contributed by atoms with E-state index in [1.165, 1.54) is 16.0 Å². The Hall–Kier alpha value is -0.640. The van der Waals surface area contributed by atoms with Crippen LogP contribution in [0.2, 0.25) is 5.15 Å². The molecule has 3 rings (SSSR count). The van der Waals surface area contributed by atoms with Crippen molar-refractivity contribution < 1.29 is 0 Å². The van der Waals surface area contributed by atoms with Gasteiger partial charge in [-0.05, 0) is 43.0 Å². The quantitative estimate of drug-likeness (QED) is 0.817. The van der Waals surface area contributed by atoms with E-state index >= 15 is 0 Å². The number of aromatic nitrogens is 1. The van der Waals surface area contributed by atoms with Gasteiger partial charge in [0.1, 0.15) is 5.15 Å². The van der Waals surface area contributed by atoms with Gasteiger partial charge in [0.2, 0.25) is 0 Å². The second-order valence-electron chi connectivity index (χ2n) is 4.00. The summed E-state index contributed by atoms with van der Waals surface area (Å²) in [6.07, 6.45) is 1.23. The zero-order valence-electron chi connectivity index (χ0n) is 8.11. The molecule has 2 N–H and O–H groups in total. The largest absolute Gasteiger partial charge is 0.330 e. The molecule has 2 atom stereocenters. The molecular formula is C11H11ClN2S. The summed E-state index contributed by atoms with van der Waals surface area (Å²) in [5.74, 6) is 1.36. The summed E-state index contributed by atoms with van der Waals surface area (Å²) >= 11 is 7.67. The topological polar surface area (TPSA) is 38.9 Å².